The molecule has 2 N–H and O–H groups in total. The number of nitrogens with one attached hydrogen (secondary N) is 2. The summed E-state index contributed by atoms with van der Waals surface area (Å²) in [5, 5.41) is 2.93. The van der Waals surface area contributed by atoms with Gasteiger partial charge >= 0.3 is 0 Å². The number of benzene rings is 4. The van der Waals surface area contributed by atoms with E-state index in [1.807, 2.05) is 44.2 Å². The smallest absolute Gasteiger partial charge is 0.261 e. The van der Waals surface area contributed by atoms with Crippen molar-refractivity contribution in [3.05, 3.63) is 119 Å². The van der Waals surface area contributed by atoms with Crippen LogP contribution in [0.4, 0.5) is 11.4 Å². The van der Waals surface area contributed by atoms with Crippen LogP contribution in [0.25, 0.3) is 0 Å². The van der Waals surface area contributed by atoms with Gasteiger partial charge in [-0.05, 0) is 73.5 Å². The molecular formula is C28H26N2O3S2. The monoisotopic (exact) mass is 502 g/mol. The van der Waals surface area contributed by atoms with Gasteiger partial charge in [0.2, 0.25) is 0 Å². The first-order valence-corrected chi connectivity index (χ1v) is 13.6. The lowest BCUT2D eigenvalue weighted by atomic mass is 10.1. The topological polar surface area (TPSA) is 75.3 Å². The highest BCUT2D eigenvalue weighted by atomic mass is 32.2. The average molecular weight is 503 g/mol. The summed E-state index contributed by atoms with van der Waals surface area (Å²) in [5.74, 6) is 0.526. The van der Waals surface area contributed by atoms with Crippen LogP contribution in [0.1, 0.15) is 27.0 Å². The minimum absolute atomic E-state index is 0.166. The zero-order valence-corrected chi connectivity index (χ0v) is 21.1. The molecule has 4 rings (SSSR count). The van der Waals surface area contributed by atoms with Gasteiger partial charge in [0, 0.05) is 27.6 Å². The number of carbonyl (C=O) groups is 1. The molecule has 0 radical (unpaired) electrons. The highest BCUT2D eigenvalue weighted by molar-refractivity contribution is 7.98. The van der Waals surface area contributed by atoms with E-state index in [0.717, 1.165) is 16.9 Å². The molecule has 0 aromatic heterocycles. The lowest BCUT2D eigenvalue weighted by Crippen LogP contribution is -2.15. The van der Waals surface area contributed by atoms with Crippen LogP contribution in [0, 0.1) is 13.8 Å². The summed E-state index contributed by atoms with van der Waals surface area (Å²) in [6, 6.07) is 29.2. The maximum atomic E-state index is 12.9. The number of aryl methyl sites for hydroxylation is 2. The van der Waals surface area contributed by atoms with Crippen molar-refractivity contribution in [1.29, 1.82) is 0 Å². The highest BCUT2D eigenvalue weighted by Gasteiger charge is 2.15. The Kier molecular flexibility index (Phi) is 7.58. The van der Waals surface area contributed by atoms with Gasteiger partial charge in [-0.1, -0.05) is 54.1 Å². The van der Waals surface area contributed by atoms with E-state index in [1.165, 1.54) is 16.5 Å². The zero-order valence-electron chi connectivity index (χ0n) is 19.5. The summed E-state index contributed by atoms with van der Waals surface area (Å²) in [5.41, 5.74) is 4.50. The molecule has 178 valence electrons. The first kappa shape index (κ1) is 24.6. The molecule has 0 aliphatic carbocycles. The van der Waals surface area contributed by atoms with E-state index in [-0.39, 0.29) is 10.8 Å². The molecule has 0 fully saturated rings. The molecule has 35 heavy (non-hydrogen) atoms. The van der Waals surface area contributed by atoms with Crippen molar-refractivity contribution in [1.82, 2.24) is 0 Å². The van der Waals surface area contributed by atoms with Crippen molar-refractivity contribution < 1.29 is 13.2 Å². The number of hydrogen-bond acceptors (Lipinski definition) is 4. The first-order chi connectivity index (χ1) is 16.8. The Hall–Kier alpha value is -3.55. The van der Waals surface area contributed by atoms with Gasteiger partial charge < -0.3 is 5.32 Å². The van der Waals surface area contributed by atoms with Gasteiger partial charge in [-0.15, -0.1) is 11.8 Å². The summed E-state index contributed by atoms with van der Waals surface area (Å²) in [7, 11) is -3.75. The van der Waals surface area contributed by atoms with Crippen molar-refractivity contribution >= 4 is 39.1 Å². The number of amides is 1. The van der Waals surface area contributed by atoms with E-state index >= 15 is 0 Å². The Balaban J connectivity index is 1.42. The number of anilines is 2. The van der Waals surface area contributed by atoms with Crippen molar-refractivity contribution in [2.45, 2.75) is 29.4 Å². The Morgan fingerprint density at radius 3 is 2.29 bits per heavy atom. The molecule has 0 heterocycles. The third kappa shape index (κ3) is 6.53. The fourth-order valence-corrected chi connectivity index (χ4v) is 5.40. The third-order valence-electron chi connectivity index (χ3n) is 5.40. The minimum atomic E-state index is -3.75. The van der Waals surface area contributed by atoms with Crippen molar-refractivity contribution in [3.63, 3.8) is 0 Å². The van der Waals surface area contributed by atoms with Crippen molar-refractivity contribution in [2.75, 3.05) is 10.0 Å². The second-order valence-electron chi connectivity index (χ2n) is 8.20. The van der Waals surface area contributed by atoms with Gasteiger partial charge in [-0.25, -0.2) is 8.42 Å². The largest absolute Gasteiger partial charge is 0.322 e. The lowest BCUT2D eigenvalue weighted by molar-refractivity contribution is 0.102. The molecule has 7 heteroatoms. The quantitative estimate of drug-likeness (QED) is 0.265. The van der Waals surface area contributed by atoms with E-state index < -0.39 is 10.0 Å². The molecular weight excluding hydrogens is 476 g/mol. The van der Waals surface area contributed by atoms with Crippen LogP contribution in [0.2, 0.25) is 0 Å². The molecule has 4 aromatic rings. The Bertz CT molecular complexity index is 1440. The predicted molar refractivity (Wildman–Crippen MR) is 144 cm³/mol. The molecule has 0 unspecified atom stereocenters. The SMILES string of the molecule is Cc1ccc(S(=O)(=O)Nc2cccc(C(=O)Nc3ccc(CSc4ccccc4)cc3C)c2)cc1. The Labute approximate surface area is 210 Å². The van der Waals surface area contributed by atoms with Crippen molar-refractivity contribution in [3.8, 4) is 0 Å². The maximum Gasteiger partial charge on any atom is 0.261 e. The molecule has 0 saturated carbocycles. The number of rotatable bonds is 8. The third-order valence-corrected chi connectivity index (χ3v) is 7.88. The van der Waals surface area contributed by atoms with E-state index in [2.05, 4.69) is 28.2 Å². The van der Waals surface area contributed by atoms with Gasteiger partial charge in [0.25, 0.3) is 15.9 Å². The molecule has 0 bridgehead atoms. The fraction of sp³-hybridized carbons (Fsp3) is 0.107. The predicted octanol–water partition coefficient (Wildman–Crippen LogP) is 6.65. The zero-order chi connectivity index (χ0) is 24.8. The molecule has 5 nitrogen and oxygen atoms in total. The molecule has 0 saturated heterocycles. The van der Waals surface area contributed by atoms with Crippen LogP contribution < -0.4 is 10.0 Å². The van der Waals surface area contributed by atoms with Crippen LogP contribution in [-0.4, -0.2) is 14.3 Å². The number of carbonyl (C=O) groups excluding carboxylic acids is 1. The van der Waals surface area contributed by atoms with Gasteiger partial charge in [-0.2, -0.15) is 0 Å². The van der Waals surface area contributed by atoms with Gasteiger partial charge in [-0.3, -0.25) is 9.52 Å². The molecule has 4 aromatic carbocycles. The lowest BCUT2D eigenvalue weighted by Gasteiger charge is -2.12. The van der Waals surface area contributed by atoms with E-state index in [4.69, 9.17) is 0 Å². The molecule has 0 atom stereocenters. The van der Waals surface area contributed by atoms with Gasteiger partial charge in [0.15, 0.2) is 0 Å². The summed E-state index contributed by atoms with van der Waals surface area (Å²) in [6.45, 7) is 3.85. The van der Waals surface area contributed by atoms with Crippen LogP contribution in [0.3, 0.4) is 0 Å². The van der Waals surface area contributed by atoms with Crippen LogP contribution in [0.5, 0.6) is 0 Å². The molecule has 0 aliphatic rings. The second kappa shape index (κ2) is 10.8. The molecule has 1 amide bonds. The van der Waals surface area contributed by atoms with Gasteiger partial charge in [0.05, 0.1) is 4.90 Å². The summed E-state index contributed by atoms with van der Waals surface area (Å²) >= 11 is 1.76. The number of sulfonamides is 1. The second-order valence-corrected chi connectivity index (χ2v) is 10.9. The highest BCUT2D eigenvalue weighted by Crippen LogP contribution is 2.25. The van der Waals surface area contributed by atoms with E-state index in [0.29, 0.717) is 16.9 Å². The summed E-state index contributed by atoms with van der Waals surface area (Å²) in [4.78, 5) is 14.3. The van der Waals surface area contributed by atoms with E-state index in [9.17, 15) is 13.2 Å². The van der Waals surface area contributed by atoms with Crippen LogP contribution >= 0.6 is 11.8 Å². The van der Waals surface area contributed by atoms with Crippen molar-refractivity contribution in [2.24, 2.45) is 0 Å². The van der Waals surface area contributed by atoms with Crippen LogP contribution in [-0.2, 0) is 15.8 Å². The minimum Gasteiger partial charge on any atom is -0.322 e. The number of thioether (sulfide) groups is 1. The molecule has 0 aliphatic heterocycles. The maximum absolute atomic E-state index is 12.9. The summed E-state index contributed by atoms with van der Waals surface area (Å²) < 4.78 is 27.9. The Morgan fingerprint density at radius 1 is 0.829 bits per heavy atom. The van der Waals surface area contributed by atoms with E-state index in [1.54, 1.807) is 54.2 Å². The standard InChI is InChI=1S/C28H26N2O3S2/c1-20-11-14-26(15-12-20)35(32,33)30-24-8-6-7-23(18-24)28(31)29-27-16-13-22(17-21(27)2)19-34-25-9-4-3-5-10-25/h3-18,30H,19H2,1-2H3,(H,29,31). The van der Waals surface area contributed by atoms with Crippen LogP contribution in [0.15, 0.2) is 107 Å². The first-order valence-electron chi connectivity index (χ1n) is 11.1. The molecule has 0 spiro atoms. The normalized spacial score (nSPS) is 11.1. The Morgan fingerprint density at radius 2 is 1.57 bits per heavy atom. The number of hydrogen-bond donors (Lipinski definition) is 2. The van der Waals surface area contributed by atoms with Gasteiger partial charge in [0.1, 0.15) is 0 Å². The average Bonchev–Trinajstić information content (AvgIpc) is 2.85. The summed E-state index contributed by atoms with van der Waals surface area (Å²) in [6.07, 6.45) is 0. The fourth-order valence-electron chi connectivity index (χ4n) is 3.49.